The summed E-state index contributed by atoms with van der Waals surface area (Å²) in [5.74, 6) is -1.46. The molecule has 0 spiro atoms. The Labute approximate surface area is 152 Å². The van der Waals surface area contributed by atoms with Crippen LogP contribution in [-0.4, -0.2) is 11.0 Å². The third-order valence-corrected chi connectivity index (χ3v) is 4.87. The standard InChI is InChI=1S/C20H13FN2O2S/c21-15-7-10-17-18(11-15)26-20(23-17)22-16-8-5-13(6-9-16)12-1-3-14(4-2-12)19(24)25/h1-11H,(H,22,23)(H,24,25)/p-1. The van der Waals surface area contributed by atoms with Crippen molar-refractivity contribution in [3.8, 4) is 11.1 Å². The van der Waals surface area contributed by atoms with E-state index in [1.807, 2.05) is 24.3 Å². The molecule has 0 saturated heterocycles. The highest BCUT2D eigenvalue weighted by Crippen LogP contribution is 2.29. The smallest absolute Gasteiger partial charge is 0.188 e. The summed E-state index contributed by atoms with van der Waals surface area (Å²) in [7, 11) is 0. The Balaban J connectivity index is 1.54. The number of carbonyl (C=O) groups is 1. The predicted molar refractivity (Wildman–Crippen MR) is 99.1 cm³/mol. The number of aromatic carboxylic acids is 1. The Kier molecular flexibility index (Phi) is 4.10. The van der Waals surface area contributed by atoms with E-state index in [1.54, 1.807) is 18.2 Å². The zero-order valence-electron chi connectivity index (χ0n) is 13.4. The minimum Gasteiger partial charge on any atom is -0.545 e. The van der Waals surface area contributed by atoms with Gasteiger partial charge in [-0.25, -0.2) is 9.37 Å². The zero-order valence-corrected chi connectivity index (χ0v) is 14.2. The SMILES string of the molecule is O=C([O-])c1ccc(-c2ccc(Nc3nc4ccc(F)cc4s3)cc2)cc1. The first-order valence-electron chi connectivity index (χ1n) is 7.83. The Morgan fingerprint density at radius 2 is 1.62 bits per heavy atom. The van der Waals surface area contributed by atoms with E-state index in [0.717, 1.165) is 27.0 Å². The number of nitrogens with one attached hydrogen (secondary N) is 1. The van der Waals surface area contributed by atoms with Gasteiger partial charge in [0.2, 0.25) is 0 Å². The van der Waals surface area contributed by atoms with Gasteiger partial charge in [0.1, 0.15) is 5.82 Å². The molecule has 0 fully saturated rings. The van der Waals surface area contributed by atoms with Gasteiger partial charge in [-0.3, -0.25) is 0 Å². The molecule has 0 aliphatic rings. The summed E-state index contributed by atoms with van der Waals surface area (Å²) in [5, 5.41) is 14.7. The number of fused-ring (bicyclic) bond motifs is 1. The van der Waals surface area contributed by atoms with Gasteiger partial charge in [-0.2, -0.15) is 0 Å². The normalized spacial score (nSPS) is 10.8. The maximum absolute atomic E-state index is 13.3. The molecule has 0 amide bonds. The van der Waals surface area contributed by atoms with Crippen LogP contribution in [0.5, 0.6) is 0 Å². The number of thiazole rings is 1. The molecule has 6 heteroatoms. The van der Waals surface area contributed by atoms with E-state index >= 15 is 0 Å². The number of carboxylic acids is 1. The summed E-state index contributed by atoms with van der Waals surface area (Å²) in [5.41, 5.74) is 3.64. The summed E-state index contributed by atoms with van der Waals surface area (Å²) >= 11 is 1.39. The number of hydrogen-bond donors (Lipinski definition) is 1. The van der Waals surface area contributed by atoms with E-state index in [4.69, 9.17) is 0 Å². The van der Waals surface area contributed by atoms with Gasteiger partial charge in [-0.05, 0) is 47.0 Å². The van der Waals surface area contributed by atoms with Crippen LogP contribution < -0.4 is 10.4 Å². The number of nitrogens with zero attached hydrogens (tertiary/aromatic N) is 1. The van der Waals surface area contributed by atoms with E-state index in [0.29, 0.717) is 5.13 Å². The van der Waals surface area contributed by atoms with Crippen LogP contribution in [0, 0.1) is 5.82 Å². The first-order valence-corrected chi connectivity index (χ1v) is 8.65. The van der Waals surface area contributed by atoms with Crippen molar-refractivity contribution in [2.45, 2.75) is 0 Å². The van der Waals surface area contributed by atoms with Crippen molar-refractivity contribution in [1.82, 2.24) is 4.98 Å². The summed E-state index contributed by atoms with van der Waals surface area (Å²) < 4.78 is 14.1. The lowest BCUT2D eigenvalue weighted by Crippen LogP contribution is -2.21. The molecule has 128 valence electrons. The van der Waals surface area contributed by atoms with E-state index in [9.17, 15) is 14.3 Å². The molecule has 1 N–H and O–H groups in total. The third-order valence-electron chi connectivity index (χ3n) is 3.94. The van der Waals surface area contributed by atoms with Gasteiger partial charge in [0.05, 0.1) is 16.2 Å². The molecule has 26 heavy (non-hydrogen) atoms. The van der Waals surface area contributed by atoms with Crippen LogP contribution in [0.2, 0.25) is 0 Å². The minimum atomic E-state index is -1.19. The molecule has 0 unspecified atom stereocenters. The van der Waals surface area contributed by atoms with Crippen molar-refractivity contribution in [1.29, 1.82) is 0 Å². The molecule has 0 aliphatic carbocycles. The first-order chi connectivity index (χ1) is 12.6. The van der Waals surface area contributed by atoms with Gasteiger partial charge in [0, 0.05) is 5.69 Å². The fraction of sp³-hybridized carbons (Fsp3) is 0. The summed E-state index contributed by atoms with van der Waals surface area (Å²) in [6, 6.07) is 18.8. The van der Waals surface area contributed by atoms with Crippen molar-refractivity contribution >= 4 is 38.3 Å². The molecule has 1 aromatic heterocycles. The summed E-state index contributed by atoms with van der Waals surface area (Å²) in [6.07, 6.45) is 0. The average Bonchev–Trinajstić information content (AvgIpc) is 3.03. The highest BCUT2D eigenvalue weighted by Gasteiger charge is 2.06. The number of aromatic nitrogens is 1. The molecule has 1 heterocycles. The molecular weight excluding hydrogens is 351 g/mol. The Bertz CT molecular complexity index is 1090. The number of benzene rings is 3. The molecule has 4 nitrogen and oxygen atoms in total. The van der Waals surface area contributed by atoms with Gasteiger partial charge in [-0.1, -0.05) is 47.7 Å². The predicted octanol–water partition coefficient (Wildman–Crippen LogP) is 4.21. The molecule has 4 aromatic rings. The zero-order chi connectivity index (χ0) is 18.1. The lowest BCUT2D eigenvalue weighted by atomic mass is 10.0. The highest BCUT2D eigenvalue weighted by molar-refractivity contribution is 7.22. The van der Waals surface area contributed by atoms with Gasteiger partial charge < -0.3 is 15.2 Å². The number of hydrogen-bond acceptors (Lipinski definition) is 5. The number of halogens is 1. The number of carboxylic acid groups (broad SMARTS) is 1. The van der Waals surface area contributed by atoms with E-state index in [1.165, 1.54) is 35.6 Å². The second kappa shape index (κ2) is 6.57. The van der Waals surface area contributed by atoms with Crippen molar-refractivity contribution in [2.24, 2.45) is 0 Å². The van der Waals surface area contributed by atoms with Crippen LogP contribution in [0.4, 0.5) is 15.2 Å². The van der Waals surface area contributed by atoms with Crippen LogP contribution in [0.15, 0.2) is 66.7 Å². The first kappa shape index (κ1) is 16.2. The largest absolute Gasteiger partial charge is 0.545 e. The Morgan fingerprint density at radius 3 is 2.27 bits per heavy atom. The maximum atomic E-state index is 13.3. The van der Waals surface area contributed by atoms with E-state index < -0.39 is 5.97 Å². The average molecular weight is 363 g/mol. The second-order valence-corrected chi connectivity index (χ2v) is 6.73. The fourth-order valence-corrected chi connectivity index (χ4v) is 3.53. The molecular formula is C20H12FN2O2S-. The van der Waals surface area contributed by atoms with Crippen LogP contribution >= 0.6 is 11.3 Å². The van der Waals surface area contributed by atoms with E-state index in [2.05, 4.69) is 10.3 Å². The van der Waals surface area contributed by atoms with E-state index in [-0.39, 0.29) is 11.4 Å². The molecule has 0 saturated carbocycles. The molecule has 0 radical (unpaired) electrons. The summed E-state index contributed by atoms with van der Waals surface area (Å²) in [6.45, 7) is 0. The quantitative estimate of drug-likeness (QED) is 0.590. The van der Waals surface area contributed by atoms with Crippen molar-refractivity contribution < 1.29 is 14.3 Å². The van der Waals surface area contributed by atoms with Gasteiger partial charge in [0.15, 0.2) is 5.13 Å². The summed E-state index contributed by atoms with van der Waals surface area (Å²) in [4.78, 5) is 15.2. The van der Waals surface area contributed by atoms with Crippen molar-refractivity contribution in [3.63, 3.8) is 0 Å². The monoisotopic (exact) mass is 363 g/mol. The third kappa shape index (κ3) is 3.27. The van der Waals surface area contributed by atoms with Crippen LogP contribution in [0.3, 0.4) is 0 Å². The lowest BCUT2D eigenvalue weighted by Gasteiger charge is -2.07. The van der Waals surface area contributed by atoms with Gasteiger partial charge in [0.25, 0.3) is 0 Å². The molecule has 0 aliphatic heterocycles. The minimum absolute atomic E-state index is 0.152. The Hall–Kier alpha value is -3.25. The molecule has 3 aromatic carbocycles. The van der Waals surface area contributed by atoms with Crippen molar-refractivity contribution in [2.75, 3.05) is 5.32 Å². The maximum Gasteiger partial charge on any atom is 0.188 e. The number of rotatable bonds is 4. The van der Waals surface area contributed by atoms with Crippen LogP contribution in [0.25, 0.3) is 21.3 Å². The topological polar surface area (TPSA) is 65.0 Å². The number of carbonyl (C=O) groups excluding carboxylic acids is 1. The van der Waals surface area contributed by atoms with Gasteiger partial charge in [-0.15, -0.1) is 0 Å². The Morgan fingerprint density at radius 1 is 0.962 bits per heavy atom. The fourth-order valence-electron chi connectivity index (χ4n) is 2.62. The van der Waals surface area contributed by atoms with Crippen molar-refractivity contribution in [3.05, 3.63) is 78.1 Å². The molecule has 0 atom stereocenters. The lowest BCUT2D eigenvalue weighted by molar-refractivity contribution is -0.255. The molecule has 0 bridgehead atoms. The highest BCUT2D eigenvalue weighted by atomic mass is 32.1. The van der Waals surface area contributed by atoms with Crippen LogP contribution in [0.1, 0.15) is 10.4 Å². The van der Waals surface area contributed by atoms with Gasteiger partial charge >= 0.3 is 0 Å². The second-order valence-electron chi connectivity index (χ2n) is 5.70. The number of anilines is 2. The molecule has 4 rings (SSSR count). The van der Waals surface area contributed by atoms with Crippen LogP contribution in [-0.2, 0) is 0 Å².